The second-order valence-electron chi connectivity index (χ2n) is 2.65. The Kier molecular flexibility index (Phi) is 3.33. The lowest BCUT2D eigenvalue weighted by molar-refractivity contribution is -0.385. The zero-order valence-electron chi connectivity index (χ0n) is 7.49. The number of nitro groups is 1. The molecule has 2 N–H and O–H groups in total. The van der Waals surface area contributed by atoms with Crippen molar-refractivity contribution < 1.29 is 18.5 Å². The second kappa shape index (κ2) is 4.35. The van der Waals surface area contributed by atoms with E-state index in [0.717, 1.165) is 0 Å². The number of anilines is 1. The van der Waals surface area contributed by atoms with E-state index in [4.69, 9.17) is 17.3 Å². The Morgan fingerprint density at radius 3 is 2.56 bits per heavy atom. The average Bonchev–Trinajstić information content (AvgIpc) is 2.15. The molecule has 0 saturated carbocycles. The fraction of sp³-hybridized carbons (Fsp3) is 0.143. The van der Waals surface area contributed by atoms with Gasteiger partial charge < -0.3 is 5.73 Å². The molecule has 0 bridgehead atoms. The quantitative estimate of drug-likeness (QED) is 0.502. The lowest BCUT2D eigenvalue weighted by Crippen LogP contribution is -2.08. The van der Waals surface area contributed by atoms with Gasteiger partial charge in [0.1, 0.15) is 5.56 Å². The predicted molar refractivity (Wildman–Crippen MR) is 50.4 cm³/mol. The molecule has 9 heteroatoms. The summed E-state index contributed by atoms with van der Waals surface area (Å²) < 4.78 is 25.2. The number of nitrogens with zero attached hydrogens (tertiary/aromatic N) is 2. The molecule has 0 fully saturated rings. The summed E-state index contributed by atoms with van der Waals surface area (Å²) in [6.07, 6.45) is -2.57. The van der Waals surface area contributed by atoms with Crippen molar-refractivity contribution in [3.63, 3.8) is 0 Å². The van der Waals surface area contributed by atoms with Gasteiger partial charge >= 0.3 is 5.69 Å². The van der Waals surface area contributed by atoms with Crippen LogP contribution in [0.1, 0.15) is 22.3 Å². The maximum Gasteiger partial charge on any atom is 0.320 e. The van der Waals surface area contributed by atoms with Crippen LogP contribution in [0.2, 0.25) is 0 Å². The van der Waals surface area contributed by atoms with Crippen LogP contribution in [0, 0.1) is 10.1 Å². The minimum Gasteiger partial charge on any atom is -0.378 e. The highest BCUT2D eigenvalue weighted by Gasteiger charge is 2.31. The molecule has 1 heterocycles. The Balaban J connectivity index is 3.63. The van der Waals surface area contributed by atoms with Gasteiger partial charge in [-0.1, -0.05) is 0 Å². The molecule has 0 aliphatic rings. The van der Waals surface area contributed by atoms with Gasteiger partial charge in [-0.3, -0.25) is 14.9 Å². The molecule has 0 unspecified atom stereocenters. The molecule has 6 nitrogen and oxygen atoms in total. The van der Waals surface area contributed by atoms with Crippen LogP contribution in [0.4, 0.5) is 20.3 Å². The number of alkyl halides is 2. The molecule has 0 aromatic carbocycles. The molecule has 0 aliphatic carbocycles. The molecule has 86 valence electrons. The summed E-state index contributed by atoms with van der Waals surface area (Å²) in [5.41, 5.74) is 2.15. The normalized spacial score (nSPS) is 10.5. The van der Waals surface area contributed by atoms with Crippen LogP contribution in [-0.2, 0) is 0 Å². The van der Waals surface area contributed by atoms with Crippen molar-refractivity contribution in [1.29, 1.82) is 0 Å². The van der Waals surface area contributed by atoms with Crippen molar-refractivity contribution in [2.24, 2.45) is 0 Å². The number of carbonyl (C=O) groups is 1. The summed E-state index contributed by atoms with van der Waals surface area (Å²) >= 11 is 5.01. The number of nitrogen functional groups attached to an aromatic ring is 1. The van der Waals surface area contributed by atoms with Gasteiger partial charge in [-0.2, -0.15) is 0 Å². The van der Waals surface area contributed by atoms with Gasteiger partial charge in [-0.25, -0.2) is 13.8 Å². The molecule has 0 aliphatic heterocycles. The SMILES string of the molecule is Nc1ncc(C(=O)Cl)c(C(F)F)c1[N+](=O)[O-]. The highest BCUT2D eigenvalue weighted by Crippen LogP contribution is 2.35. The molecule has 0 amide bonds. The molecule has 0 radical (unpaired) electrons. The van der Waals surface area contributed by atoms with E-state index in [2.05, 4.69) is 4.98 Å². The number of carbonyl (C=O) groups excluding carboxylic acids is 1. The van der Waals surface area contributed by atoms with Crippen molar-refractivity contribution in [3.8, 4) is 0 Å². The summed E-state index contributed by atoms with van der Waals surface area (Å²) in [5.74, 6) is -0.693. The molecule has 0 spiro atoms. The standard InChI is InChI=1S/C7H4ClF2N3O3/c8-5(14)2-1-12-7(11)4(13(15)16)3(2)6(9)10/h1,6H,(H2,11,12). The summed E-state index contributed by atoms with van der Waals surface area (Å²) in [5, 5.41) is 9.26. The van der Waals surface area contributed by atoms with Crippen molar-refractivity contribution in [2.45, 2.75) is 6.43 Å². The predicted octanol–water partition coefficient (Wildman–Crippen LogP) is 1.89. The third-order valence-electron chi connectivity index (χ3n) is 1.73. The zero-order valence-corrected chi connectivity index (χ0v) is 8.24. The third kappa shape index (κ3) is 2.06. The van der Waals surface area contributed by atoms with E-state index in [1.165, 1.54) is 0 Å². The van der Waals surface area contributed by atoms with Gasteiger partial charge in [0.15, 0.2) is 0 Å². The number of hydrogen-bond donors (Lipinski definition) is 1. The summed E-state index contributed by atoms with van der Waals surface area (Å²) in [6, 6.07) is 0. The first kappa shape index (κ1) is 12.2. The number of hydrogen-bond acceptors (Lipinski definition) is 5. The first-order chi connectivity index (χ1) is 7.36. The van der Waals surface area contributed by atoms with Crippen LogP contribution in [-0.4, -0.2) is 15.1 Å². The van der Waals surface area contributed by atoms with Crippen LogP contribution in [0.25, 0.3) is 0 Å². The van der Waals surface area contributed by atoms with E-state index < -0.39 is 39.2 Å². The molecule has 1 aromatic rings. The summed E-state index contributed by atoms with van der Waals surface area (Å²) in [4.78, 5) is 23.4. The Bertz CT molecular complexity index is 466. The van der Waals surface area contributed by atoms with Crippen molar-refractivity contribution in [3.05, 3.63) is 27.4 Å². The van der Waals surface area contributed by atoms with Gasteiger partial charge in [0.25, 0.3) is 11.7 Å². The highest BCUT2D eigenvalue weighted by molar-refractivity contribution is 6.68. The monoisotopic (exact) mass is 251 g/mol. The highest BCUT2D eigenvalue weighted by atomic mass is 35.5. The molecule has 16 heavy (non-hydrogen) atoms. The van der Waals surface area contributed by atoms with Crippen molar-refractivity contribution >= 4 is 28.3 Å². The Hall–Kier alpha value is -1.83. The Morgan fingerprint density at radius 1 is 1.62 bits per heavy atom. The smallest absolute Gasteiger partial charge is 0.320 e. The molecule has 1 aromatic heterocycles. The van der Waals surface area contributed by atoms with Crippen LogP contribution < -0.4 is 5.73 Å². The zero-order chi connectivity index (χ0) is 12.5. The van der Waals surface area contributed by atoms with Crippen LogP contribution in [0.3, 0.4) is 0 Å². The second-order valence-corrected chi connectivity index (χ2v) is 2.99. The van der Waals surface area contributed by atoms with E-state index in [0.29, 0.717) is 6.20 Å². The van der Waals surface area contributed by atoms with Gasteiger partial charge in [-0.05, 0) is 11.6 Å². The minimum atomic E-state index is -3.25. The maximum atomic E-state index is 12.6. The first-order valence-corrected chi connectivity index (χ1v) is 4.14. The van der Waals surface area contributed by atoms with E-state index in [1.54, 1.807) is 0 Å². The van der Waals surface area contributed by atoms with Crippen LogP contribution in [0.5, 0.6) is 0 Å². The lowest BCUT2D eigenvalue weighted by Gasteiger charge is -2.06. The number of nitrogens with two attached hydrogens (primary N) is 1. The summed E-state index contributed by atoms with van der Waals surface area (Å²) in [6.45, 7) is 0. The average molecular weight is 252 g/mol. The van der Waals surface area contributed by atoms with E-state index in [-0.39, 0.29) is 0 Å². The minimum absolute atomic E-state index is 0.680. The van der Waals surface area contributed by atoms with Gasteiger partial charge in [0.2, 0.25) is 5.82 Å². The van der Waals surface area contributed by atoms with Gasteiger partial charge in [0, 0.05) is 6.20 Å². The number of halogens is 3. The lowest BCUT2D eigenvalue weighted by atomic mass is 10.1. The number of aromatic nitrogens is 1. The largest absolute Gasteiger partial charge is 0.378 e. The van der Waals surface area contributed by atoms with Gasteiger partial charge in [-0.15, -0.1) is 0 Å². The van der Waals surface area contributed by atoms with E-state index >= 15 is 0 Å². The maximum absolute atomic E-state index is 12.6. The van der Waals surface area contributed by atoms with Crippen molar-refractivity contribution in [2.75, 3.05) is 5.73 Å². The molecular formula is C7H4ClF2N3O3. The molecule has 0 atom stereocenters. The van der Waals surface area contributed by atoms with Crippen molar-refractivity contribution in [1.82, 2.24) is 4.98 Å². The van der Waals surface area contributed by atoms with Crippen LogP contribution in [0.15, 0.2) is 6.20 Å². The fourth-order valence-corrected chi connectivity index (χ4v) is 1.25. The first-order valence-electron chi connectivity index (χ1n) is 3.77. The number of rotatable bonds is 3. The topological polar surface area (TPSA) is 99.1 Å². The molecular weight excluding hydrogens is 248 g/mol. The van der Waals surface area contributed by atoms with Gasteiger partial charge in [0.05, 0.1) is 10.5 Å². The summed E-state index contributed by atoms with van der Waals surface area (Å²) in [7, 11) is 0. The number of pyridine rings is 1. The third-order valence-corrected chi connectivity index (χ3v) is 1.94. The Morgan fingerprint density at radius 2 is 2.19 bits per heavy atom. The van der Waals surface area contributed by atoms with E-state index in [1.807, 2.05) is 0 Å². The Labute approximate surface area is 92.2 Å². The molecule has 0 saturated heterocycles. The fourth-order valence-electron chi connectivity index (χ4n) is 1.10. The van der Waals surface area contributed by atoms with Crippen LogP contribution >= 0.6 is 11.6 Å². The van der Waals surface area contributed by atoms with E-state index in [9.17, 15) is 23.7 Å². The molecule has 1 rings (SSSR count).